The van der Waals surface area contributed by atoms with Crippen molar-refractivity contribution in [3.05, 3.63) is 0 Å². The first-order valence-corrected chi connectivity index (χ1v) is 8.52. The minimum Gasteiger partial charge on any atom is -0.394 e. The number of ether oxygens (including phenoxy) is 1. The van der Waals surface area contributed by atoms with E-state index in [-0.39, 0.29) is 0 Å². The van der Waals surface area contributed by atoms with E-state index in [0.717, 1.165) is 0 Å². The van der Waals surface area contributed by atoms with Gasteiger partial charge in [-0.1, -0.05) is 0 Å². The summed E-state index contributed by atoms with van der Waals surface area (Å²) in [5.74, 6) is -1.35. The summed E-state index contributed by atoms with van der Waals surface area (Å²) in [6.45, 7) is -1.85. The third-order valence-electron chi connectivity index (χ3n) is 3.60. The highest BCUT2D eigenvalue weighted by atomic mass is 31.2. The molecule has 13 nitrogen and oxygen atoms in total. The molecule has 25 heavy (non-hydrogen) atoms. The first-order valence-electron chi connectivity index (χ1n) is 6.99. The number of phosphoric ester groups is 1. The predicted molar refractivity (Wildman–Crippen MR) is 74.8 cm³/mol. The van der Waals surface area contributed by atoms with Gasteiger partial charge in [0.05, 0.1) is 13.2 Å². The van der Waals surface area contributed by atoms with Crippen LogP contribution in [0.4, 0.5) is 0 Å². The number of hydrogen-bond donors (Lipinski definition) is 9. The van der Waals surface area contributed by atoms with E-state index >= 15 is 0 Å². The fraction of sp³-hybridized carbons (Fsp3) is 0.909. The molecule has 0 radical (unpaired) electrons. The van der Waals surface area contributed by atoms with Gasteiger partial charge >= 0.3 is 7.82 Å². The third-order valence-corrected chi connectivity index (χ3v) is 4.08. The zero-order valence-corrected chi connectivity index (χ0v) is 13.5. The minimum absolute atomic E-state index is 0.734. The van der Waals surface area contributed by atoms with Crippen LogP contribution in [-0.2, 0) is 18.6 Å². The first kappa shape index (κ1) is 22.5. The molecule has 0 aromatic rings. The number of rotatable bonds is 9. The average molecular weight is 392 g/mol. The number of aliphatic hydroxyl groups excluding tert-OH is 7. The number of Topliss-reactive ketones (excluding diaryl/α,β-unsaturated/α-hetero) is 1. The molecule has 148 valence electrons. The summed E-state index contributed by atoms with van der Waals surface area (Å²) in [6, 6.07) is 0. The van der Waals surface area contributed by atoms with E-state index in [1.54, 1.807) is 0 Å². The lowest BCUT2D eigenvalue weighted by atomic mass is 9.95. The van der Waals surface area contributed by atoms with E-state index in [1.165, 1.54) is 0 Å². The minimum atomic E-state index is -4.96. The normalized spacial score (nSPS) is 32.2. The smallest absolute Gasteiger partial charge is 0.394 e. The Morgan fingerprint density at radius 3 is 2.08 bits per heavy atom. The molecule has 5 unspecified atom stereocenters. The summed E-state index contributed by atoms with van der Waals surface area (Å²) in [5.41, 5.74) is 0. The summed E-state index contributed by atoms with van der Waals surface area (Å²) < 4.78 is 19.3. The molecule has 0 amide bonds. The van der Waals surface area contributed by atoms with Crippen LogP contribution < -0.4 is 0 Å². The molecule has 1 heterocycles. The summed E-state index contributed by atoms with van der Waals surface area (Å²) in [4.78, 5) is 29.0. The van der Waals surface area contributed by atoms with Crippen LogP contribution in [0.15, 0.2) is 0 Å². The van der Waals surface area contributed by atoms with Crippen LogP contribution in [0.2, 0.25) is 0 Å². The van der Waals surface area contributed by atoms with Crippen LogP contribution in [0.25, 0.3) is 0 Å². The topological polar surface area (TPSA) is 235 Å². The SMILES string of the molecule is O=C(C(O)C(O)C(O)C(O)COP(=O)(O)O)C1O[C@H](CO)[C@@H](O)[C@H]1O. The molecule has 0 saturated carbocycles. The molecule has 0 aromatic heterocycles. The summed E-state index contributed by atoms with van der Waals surface area (Å²) >= 11 is 0. The Balaban J connectivity index is 2.69. The molecular formula is C11H21O13P. The van der Waals surface area contributed by atoms with E-state index in [4.69, 9.17) is 19.6 Å². The molecule has 1 aliphatic rings. The van der Waals surface area contributed by atoms with E-state index in [9.17, 15) is 40.0 Å². The Morgan fingerprint density at radius 2 is 1.64 bits per heavy atom. The number of phosphoric acid groups is 1. The van der Waals surface area contributed by atoms with Gasteiger partial charge in [0.15, 0.2) is 5.78 Å². The van der Waals surface area contributed by atoms with Crippen molar-refractivity contribution in [3.8, 4) is 0 Å². The van der Waals surface area contributed by atoms with Crippen LogP contribution in [0, 0.1) is 0 Å². The second-order valence-corrected chi connectivity index (χ2v) is 6.68. The van der Waals surface area contributed by atoms with Crippen molar-refractivity contribution in [2.24, 2.45) is 0 Å². The largest absolute Gasteiger partial charge is 0.469 e. The van der Waals surface area contributed by atoms with Crippen molar-refractivity contribution in [1.29, 1.82) is 0 Å². The maximum Gasteiger partial charge on any atom is 0.469 e. The van der Waals surface area contributed by atoms with E-state index in [2.05, 4.69) is 4.52 Å². The number of aliphatic hydroxyl groups is 7. The summed E-state index contributed by atoms with van der Waals surface area (Å²) in [5, 5.41) is 66.7. The zero-order chi connectivity index (χ0) is 19.5. The Kier molecular flexibility index (Phi) is 8.01. The Hall–Kier alpha value is -0.540. The number of hydrogen-bond acceptors (Lipinski definition) is 11. The third kappa shape index (κ3) is 5.72. The van der Waals surface area contributed by atoms with Gasteiger partial charge in [0.2, 0.25) is 0 Å². The molecule has 1 aliphatic heterocycles. The van der Waals surface area contributed by atoms with Gasteiger partial charge in [-0.15, -0.1) is 0 Å². The number of carbonyl (C=O) groups is 1. The maximum atomic E-state index is 12.0. The molecule has 1 rings (SSSR count). The molecule has 8 atom stereocenters. The van der Waals surface area contributed by atoms with Crippen molar-refractivity contribution in [3.63, 3.8) is 0 Å². The van der Waals surface area contributed by atoms with Gasteiger partial charge in [-0.05, 0) is 0 Å². The fourth-order valence-electron chi connectivity index (χ4n) is 2.16. The Morgan fingerprint density at radius 1 is 1.08 bits per heavy atom. The fourth-order valence-corrected chi connectivity index (χ4v) is 2.50. The molecule has 14 heteroatoms. The molecule has 0 aromatic carbocycles. The van der Waals surface area contributed by atoms with Crippen LogP contribution in [-0.4, -0.2) is 113 Å². The summed E-state index contributed by atoms with van der Waals surface area (Å²) in [6.07, 6.45) is -15.6. The van der Waals surface area contributed by atoms with Gasteiger partial charge in [0.1, 0.15) is 48.8 Å². The van der Waals surface area contributed by atoms with Crippen molar-refractivity contribution < 1.29 is 64.2 Å². The first-order chi connectivity index (χ1) is 11.4. The van der Waals surface area contributed by atoms with Gasteiger partial charge < -0.3 is 50.3 Å². The van der Waals surface area contributed by atoms with Crippen molar-refractivity contribution >= 4 is 13.6 Å². The monoisotopic (exact) mass is 392 g/mol. The lowest BCUT2D eigenvalue weighted by Crippen LogP contribution is -2.52. The second kappa shape index (κ2) is 8.90. The highest BCUT2D eigenvalue weighted by molar-refractivity contribution is 7.46. The number of carbonyl (C=O) groups excluding carboxylic acids is 1. The van der Waals surface area contributed by atoms with Gasteiger partial charge in [0.25, 0.3) is 0 Å². The molecule has 1 fully saturated rings. The molecule has 0 bridgehead atoms. The molecular weight excluding hydrogens is 371 g/mol. The molecule has 0 aliphatic carbocycles. The average Bonchev–Trinajstić information content (AvgIpc) is 2.84. The van der Waals surface area contributed by atoms with Gasteiger partial charge in [0, 0.05) is 0 Å². The second-order valence-electron chi connectivity index (χ2n) is 5.44. The molecule has 1 saturated heterocycles. The number of ketones is 1. The van der Waals surface area contributed by atoms with Crippen LogP contribution in [0.3, 0.4) is 0 Å². The van der Waals surface area contributed by atoms with Gasteiger partial charge in [-0.3, -0.25) is 9.32 Å². The van der Waals surface area contributed by atoms with E-state index in [1.807, 2.05) is 0 Å². The maximum absolute atomic E-state index is 12.0. The van der Waals surface area contributed by atoms with Gasteiger partial charge in [-0.2, -0.15) is 0 Å². The van der Waals surface area contributed by atoms with Crippen molar-refractivity contribution in [1.82, 2.24) is 0 Å². The standard InChI is InChI=1S/C11H21O13P/c12-1-4-6(15)9(18)11(24-4)10(19)8(17)7(16)5(14)3(13)2-23-25(20,21)22/h3-9,11-18H,1-2H2,(H2,20,21,22)/t3?,4-,5?,6-,7?,8?,9-,11?/m1/s1. The lowest BCUT2D eigenvalue weighted by molar-refractivity contribution is -0.159. The highest BCUT2D eigenvalue weighted by Gasteiger charge is 2.49. The van der Waals surface area contributed by atoms with Crippen molar-refractivity contribution in [2.45, 2.75) is 48.8 Å². The Bertz CT molecular complexity index is 494. The van der Waals surface area contributed by atoms with E-state index in [0.29, 0.717) is 0 Å². The quantitative estimate of drug-likeness (QED) is 0.167. The van der Waals surface area contributed by atoms with Crippen molar-refractivity contribution in [2.75, 3.05) is 13.2 Å². The molecule has 9 N–H and O–H groups in total. The predicted octanol–water partition coefficient (Wildman–Crippen LogP) is -5.41. The van der Waals surface area contributed by atoms with Crippen LogP contribution >= 0.6 is 7.82 Å². The lowest BCUT2D eigenvalue weighted by Gasteiger charge is -2.27. The Labute approximate surface area is 140 Å². The summed E-state index contributed by atoms with van der Waals surface area (Å²) in [7, 11) is -4.96. The zero-order valence-electron chi connectivity index (χ0n) is 12.6. The highest BCUT2D eigenvalue weighted by Crippen LogP contribution is 2.36. The van der Waals surface area contributed by atoms with Crippen LogP contribution in [0.5, 0.6) is 0 Å². The van der Waals surface area contributed by atoms with E-state index < -0.39 is 75.7 Å². The van der Waals surface area contributed by atoms with Crippen LogP contribution in [0.1, 0.15) is 0 Å². The molecule has 0 spiro atoms. The van der Waals surface area contributed by atoms with Gasteiger partial charge in [-0.25, -0.2) is 4.57 Å².